The van der Waals surface area contributed by atoms with Gasteiger partial charge in [-0.15, -0.1) is 0 Å². The third-order valence-corrected chi connectivity index (χ3v) is 3.52. The Morgan fingerprint density at radius 1 is 0.962 bits per heavy atom. The molecule has 3 rings (SSSR count). The van der Waals surface area contributed by atoms with E-state index in [1.165, 1.54) is 0 Å². The van der Waals surface area contributed by atoms with E-state index >= 15 is 0 Å². The fourth-order valence-electron chi connectivity index (χ4n) is 2.31. The second kappa shape index (κ2) is 9.16. The number of rotatable bonds is 8. The summed E-state index contributed by atoms with van der Waals surface area (Å²) >= 11 is 0. The molecule has 8 nitrogen and oxygen atoms in total. The Morgan fingerprint density at radius 3 is 2.54 bits per heavy atom. The summed E-state index contributed by atoms with van der Waals surface area (Å²) in [4.78, 5) is 24.5. The number of benzene rings is 1. The molecule has 0 atom stereocenters. The zero-order valence-electron chi connectivity index (χ0n) is 14.2. The van der Waals surface area contributed by atoms with Crippen molar-refractivity contribution in [3.63, 3.8) is 0 Å². The van der Waals surface area contributed by atoms with Crippen LogP contribution in [0.3, 0.4) is 0 Å². The SMILES string of the molecule is O=C(NCCOc1ccccc1)NCCn1ccnc1-c1ncccn1. The molecular weight excluding hydrogens is 332 g/mol. The van der Waals surface area contributed by atoms with Crippen LogP contribution < -0.4 is 15.4 Å². The van der Waals surface area contributed by atoms with E-state index in [9.17, 15) is 4.79 Å². The summed E-state index contributed by atoms with van der Waals surface area (Å²) < 4.78 is 7.41. The average Bonchev–Trinajstić information content (AvgIpc) is 3.15. The lowest BCUT2D eigenvalue weighted by molar-refractivity contribution is 0.236. The van der Waals surface area contributed by atoms with Crippen LogP contribution >= 0.6 is 0 Å². The number of carbonyl (C=O) groups excluding carboxylic acids is 1. The molecule has 2 aromatic heterocycles. The molecule has 0 saturated carbocycles. The summed E-state index contributed by atoms with van der Waals surface area (Å²) in [6.07, 6.45) is 6.86. The predicted octanol–water partition coefficient (Wildman–Crippen LogP) is 1.72. The van der Waals surface area contributed by atoms with Crippen LogP contribution in [-0.2, 0) is 6.54 Å². The molecule has 8 heteroatoms. The molecule has 0 unspecified atom stereocenters. The van der Waals surface area contributed by atoms with Crippen molar-refractivity contribution in [1.82, 2.24) is 30.2 Å². The summed E-state index contributed by atoms with van der Waals surface area (Å²) in [5.74, 6) is 2.01. The van der Waals surface area contributed by atoms with E-state index in [-0.39, 0.29) is 6.03 Å². The Kier molecular flexibility index (Phi) is 6.13. The van der Waals surface area contributed by atoms with Crippen LogP contribution in [-0.4, -0.2) is 45.2 Å². The van der Waals surface area contributed by atoms with E-state index in [4.69, 9.17) is 4.74 Å². The molecule has 0 bridgehead atoms. The minimum Gasteiger partial charge on any atom is -0.492 e. The van der Waals surface area contributed by atoms with Crippen LogP contribution in [0.15, 0.2) is 61.2 Å². The number of carbonyl (C=O) groups is 1. The monoisotopic (exact) mass is 352 g/mol. The van der Waals surface area contributed by atoms with Crippen LogP contribution in [0.2, 0.25) is 0 Å². The summed E-state index contributed by atoms with van der Waals surface area (Å²) in [6, 6.07) is 11.0. The lowest BCUT2D eigenvalue weighted by Crippen LogP contribution is -2.39. The lowest BCUT2D eigenvalue weighted by Gasteiger charge is -2.10. The normalized spacial score (nSPS) is 10.3. The fraction of sp³-hybridized carbons (Fsp3) is 0.222. The van der Waals surface area contributed by atoms with E-state index < -0.39 is 0 Å². The molecule has 134 valence electrons. The van der Waals surface area contributed by atoms with Gasteiger partial charge in [-0.3, -0.25) is 0 Å². The molecule has 1 aromatic carbocycles. The Morgan fingerprint density at radius 2 is 1.73 bits per heavy atom. The summed E-state index contributed by atoms with van der Waals surface area (Å²) in [5, 5.41) is 5.56. The first-order valence-electron chi connectivity index (χ1n) is 8.31. The number of nitrogens with one attached hydrogen (secondary N) is 2. The zero-order chi connectivity index (χ0) is 18.0. The van der Waals surface area contributed by atoms with Crippen LogP contribution in [0.1, 0.15) is 0 Å². The molecule has 0 saturated heterocycles. The smallest absolute Gasteiger partial charge is 0.314 e. The van der Waals surface area contributed by atoms with Gasteiger partial charge in [0.25, 0.3) is 0 Å². The molecule has 0 spiro atoms. The maximum atomic E-state index is 11.8. The number of urea groups is 1. The quantitative estimate of drug-likeness (QED) is 0.602. The highest BCUT2D eigenvalue weighted by Gasteiger charge is 2.08. The number of para-hydroxylation sites is 1. The number of nitrogens with zero attached hydrogens (tertiary/aromatic N) is 4. The lowest BCUT2D eigenvalue weighted by atomic mass is 10.3. The third-order valence-electron chi connectivity index (χ3n) is 3.52. The molecule has 3 aromatic rings. The number of hydrogen-bond acceptors (Lipinski definition) is 5. The Hall–Kier alpha value is -3.42. The number of imidazole rings is 1. The predicted molar refractivity (Wildman–Crippen MR) is 96.6 cm³/mol. The van der Waals surface area contributed by atoms with Crippen molar-refractivity contribution in [2.45, 2.75) is 6.54 Å². The van der Waals surface area contributed by atoms with Crippen molar-refractivity contribution in [2.75, 3.05) is 19.7 Å². The average molecular weight is 352 g/mol. The highest BCUT2D eigenvalue weighted by molar-refractivity contribution is 5.73. The van der Waals surface area contributed by atoms with Gasteiger partial charge in [0.1, 0.15) is 12.4 Å². The van der Waals surface area contributed by atoms with Crippen molar-refractivity contribution < 1.29 is 9.53 Å². The highest BCUT2D eigenvalue weighted by atomic mass is 16.5. The van der Waals surface area contributed by atoms with Gasteiger partial charge in [-0.05, 0) is 18.2 Å². The largest absolute Gasteiger partial charge is 0.492 e. The number of ether oxygens (including phenoxy) is 1. The van der Waals surface area contributed by atoms with Gasteiger partial charge in [-0.25, -0.2) is 19.7 Å². The van der Waals surface area contributed by atoms with Gasteiger partial charge in [0.2, 0.25) is 0 Å². The van der Waals surface area contributed by atoms with E-state index in [0.717, 1.165) is 5.75 Å². The van der Waals surface area contributed by atoms with E-state index in [1.54, 1.807) is 24.7 Å². The van der Waals surface area contributed by atoms with E-state index in [0.29, 0.717) is 37.9 Å². The molecule has 2 amide bonds. The minimum absolute atomic E-state index is 0.237. The first kappa shape index (κ1) is 17.4. The van der Waals surface area contributed by atoms with Gasteiger partial charge < -0.3 is 19.9 Å². The molecule has 0 aliphatic heterocycles. The highest BCUT2D eigenvalue weighted by Crippen LogP contribution is 2.10. The fourth-order valence-corrected chi connectivity index (χ4v) is 2.31. The van der Waals surface area contributed by atoms with Crippen LogP contribution in [0.25, 0.3) is 11.6 Å². The molecule has 0 fully saturated rings. The number of amides is 2. The van der Waals surface area contributed by atoms with Gasteiger partial charge in [-0.2, -0.15) is 0 Å². The van der Waals surface area contributed by atoms with Gasteiger partial charge in [0, 0.05) is 37.9 Å². The van der Waals surface area contributed by atoms with Crippen molar-refractivity contribution in [1.29, 1.82) is 0 Å². The third kappa shape index (κ3) is 5.04. The molecule has 0 radical (unpaired) electrons. The second-order valence-electron chi connectivity index (χ2n) is 5.36. The number of hydrogen-bond donors (Lipinski definition) is 2. The van der Waals surface area contributed by atoms with Crippen LogP contribution in [0.4, 0.5) is 4.79 Å². The maximum Gasteiger partial charge on any atom is 0.314 e. The molecule has 2 heterocycles. The minimum atomic E-state index is -0.237. The second-order valence-corrected chi connectivity index (χ2v) is 5.36. The molecule has 2 N–H and O–H groups in total. The Bertz CT molecular complexity index is 807. The van der Waals surface area contributed by atoms with Gasteiger partial charge in [-0.1, -0.05) is 18.2 Å². The first-order valence-corrected chi connectivity index (χ1v) is 8.31. The molecule has 0 aliphatic rings. The maximum absolute atomic E-state index is 11.8. The number of aromatic nitrogens is 4. The molecule has 26 heavy (non-hydrogen) atoms. The van der Waals surface area contributed by atoms with E-state index in [2.05, 4.69) is 25.6 Å². The van der Waals surface area contributed by atoms with Crippen LogP contribution in [0, 0.1) is 0 Å². The van der Waals surface area contributed by atoms with Crippen molar-refractivity contribution >= 4 is 6.03 Å². The standard InChI is InChI=1S/C18H20N6O2/c25-18(23-11-14-26-15-5-2-1-3-6-15)22-10-13-24-12-9-21-17(24)16-19-7-4-8-20-16/h1-9,12H,10-11,13-14H2,(H2,22,23,25). The Labute approximate surface area is 151 Å². The van der Waals surface area contributed by atoms with Gasteiger partial charge in [0.05, 0.1) is 6.54 Å². The first-order chi connectivity index (χ1) is 12.8. The summed E-state index contributed by atoms with van der Waals surface area (Å²) in [6.45, 7) is 1.87. The van der Waals surface area contributed by atoms with Crippen LogP contribution in [0.5, 0.6) is 5.75 Å². The topological polar surface area (TPSA) is 94.0 Å². The summed E-state index contributed by atoms with van der Waals surface area (Å²) in [5.41, 5.74) is 0. The van der Waals surface area contributed by atoms with E-state index in [1.807, 2.05) is 41.1 Å². The van der Waals surface area contributed by atoms with Gasteiger partial charge >= 0.3 is 6.03 Å². The molecular formula is C18H20N6O2. The molecule has 0 aliphatic carbocycles. The Balaban J connectivity index is 1.36. The van der Waals surface area contributed by atoms with Gasteiger partial charge in [0.15, 0.2) is 11.6 Å². The van der Waals surface area contributed by atoms with Crippen molar-refractivity contribution in [3.05, 3.63) is 61.2 Å². The van der Waals surface area contributed by atoms with Crippen molar-refractivity contribution in [3.8, 4) is 17.4 Å². The summed E-state index contributed by atoms with van der Waals surface area (Å²) in [7, 11) is 0. The van der Waals surface area contributed by atoms with Crippen molar-refractivity contribution in [2.24, 2.45) is 0 Å². The zero-order valence-corrected chi connectivity index (χ0v) is 14.2.